The average molecular weight is 652 g/mol. The van der Waals surface area contributed by atoms with Gasteiger partial charge in [-0.15, -0.1) is 11.3 Å². The summed E-state index contributed by atoms with van der Waals surface area (Å²) in [5.41, 5.74) is -1.04. The molecule has 2 unspecified atom stereocenters. The number of aromatic nitrogens is 1. The second kappa shape index (κ2) is 10.8. The van der Waals surface area contributed by atoms with Crippen molar-refractivity contribution < 1.29 is 27.6 Å². The molecule has 1 fully saturated rings. The van der Waals surface area contributed by atoms with Crippen molar-refractivity contribution in [1.29, 1.82) is 0 Å². The molecule has 2 aliphatic heterocycles. The number of carbonyl (C=O) groups is 3. The Morgan fingerprint density at radius 1 is 0.886 bits per heavy atom. The molecule has 4 heterocycles. The molecule has 5 aromatic rings. The van der Waals surface area contributed by atoms with Crippen molar-refractivity contribution in [3.05, 3.63) is 109 Å². The molecule has 1 N–H and O–H groups in total. The van der Waals surface area contributed by atoms with Crippen LogP contribution in [0.4, 0.5) is 24.5 Å². The van der Waals surface area contributed by atoms with E-state index in [0.717, 1.165) is 46.0 Å². The predicted molar refractivity (Wildman–Crippen MR) is 164 cm³/mol. The van der Waals surface area contributed by atoms with Crippen LogP contribution < -0.4 is 15.1 Å². The van der Waals surface area contributed by atoms with Crippen molar-refractivity contribution in [2.45, 2.75) is 28.9 Å². The first kappa shape index (κ1) is 28.6. The number of halogens is 3. The molecule has 2 aliphatic rings. The van der Waals surface area contributed by atoms with Gasteiger partial charge in [0.25, 0.3) is 0 Å². The maximum atomic E-state index is 13.9. The number of carbonyl (C=O) groups excluding carboxylic acids is 3. The molecule has 3 atom stereocenters. The van der Waals surface area contributed by atoms with Gasteiger partial charge in [0.1, 0.15) is 11.8 Å². The van der Waals surface area contributed by atoms with Crippen LogP contribution in [0.25, 0.3) is 10.8 Å². The van der Waals surface area contributed by atoms with Crippen LogP contribution in [0.15, 0.2) is 94.1 Å². The molecule has 222 valence electrons. The number of amides is 3. The highest BCUT2D eigenvalue weighted by atomic mass is 32.2. The number of alkyl halides is 3. The lowest BCUT2D eigenvalue weighted by molar-refractivity contribution is -0.137. The number of anilines is 2. The Morgan fingerprint density at radius 3 is 2.41 bits per heavy atom. The van der Waals surface area contributed by atoms with Gasteiger partial charge in [-0.3, -0.25) is 23.7 Å². The molecular formula is C31H20F3N3O4S3. The van der Waals surface area contributed by atoms with Gasteiger partial charge in [-0.2, -0.15) is 13.2 Å². The van der Waals surface area contributed by atoms with E-state index in [2.05, 4.69) is 5.32 Å². The molecule has 0 aliphatic carbocycles. The van der Waals surface area contributed by atoms with Crippen LogP contribution in [0.5, 0.6) is 0 Å². The highest BCUT2D eigenvalue weighted by Gasteiger charge is 2.58. The van der Waals surface area contributed by atoms with Gasteiger partial charge in [0.05, 0.1) is 22.2 Å². The SMILES string of the molecule is O=C(Cn1c2c(sc1=O)[C@H](c1cccs1)C1C(=O)N(c3ccccc3C(F)(F)F)C(=O)C1S2)Nc1cccc2ccccc12. The first-order valence-electron chi connectivity index (χ1n) is 13.4. The van der Waals surface area contributed by atoms with Crippen LogP contribution in [-0.2, 0) is 27.1 Å². The fraction of sp³-hybridized carbons (Fsp3) is 0.161. The first-order chi connectivity index (χ1) is 21.1. The summed E-state index contributed by atoms with van der Waals surface area (Å²) in [6.07, 6.45) is -4.79. The summed E-state index contributed by atoms with van der Waals surface area (Å²) < 4.78 is 43.1. The van der Waals surface area contributed by atoms with Gasteiger partial charge in [0, 0.05) is 26.7 Å². The smallest absolute Gasteiger partial charge is 0.324 e. The zero-order valence-corrected chi connectivity index (χ0v) is 24.9. The number of hydrogen-bond donors (Lipinski definition) is 1. The lowest BCUT2D eigenvalue weighted by atomic mass is 9.87. The van der Waals surface area contributed by atoms with E-state index in [-0.39, 0.29) is 6.54 Å². The summed E-state index contributed by atoms with van der Waals surface area (Å²) in [4.78, 5) is 55.7. The number of thiazole rings is 1. The molecule has 0 spiro atoms. The van der Waals surface area contributed by atoms with E-state index in [4.69, 9.17) is 0 Å². The number of imide groups is 1. The first-order valence-corrected chi connectivity index (χ1v) is 16.0. The van der Waals surface area contributed by atoms with E-state index in [0.29, 0.717) is 25.4 Å². The van der Waals surface area contributed by atoms with Crippen LogP contribution in [0.1, 0.15) is 21.2 Å². The van der Waals surface area contributed by atoms with Crippen LogP contribution in [0.3, 0.4) is 0 Å². The number of hydrogen-bond acceptors (Lipinski definition) is 7. The standard InChI is InChI=1S/C31H20F3N3O4S3/c32-31(33,34)18-10-3-4-12-20(18)37-27(39)24-23(21-13-6-14-42-21)26-29(43-25(24)28(37)40)36(30(41)44-26)15-22(38)35-19-11-5-8-16-7-1-2-9-17(16)19/h1-14,23-25H,15H2,(H,35,38)/t23-,24?,25?/m1/s1. The maximum Gasteiger partial charge on any atom is 0.418 e. The molecule has 7 nitrogen and oxygen atoms in total. The van der Waals surface area contributed by atoms with Crippen molar-refractivity contribution in [2.75, 3.05) is 10.2 Å². The number of benzene rings is 3. The molecule has 3 amide bonds. The van der Waals surface area contributed by atoms with Crippen LogP contribution in [0.2, 0.25) is 0 Å². The molecule has 1 saturated heterocycles. The van der Waals surface area contributed by atoms with E-state index in [1.165, 1.54) is 28.0 Å². The minimum Gasteiger partial charge on any atom is -0.324 e. The van der Waals surface area contributed by atoms with Crippen molar-refractivity contribution >= 4 is 74.3 Å². The Hall–Kier alpha value is -4.20. The van der Waals surface area contributed by atoms with E-state index in [1.807, 2.05) is 36.4 Å². The number of nitrogens with zero attached hydrogens (tertiary/aromatic N) is 2. The Labute approximate surface area is 259 Å². The normalized spacial score (nSPS) is 19.7. The summed E-state index contributed by atoms with van der Waals surface area (Å²) >= 11 is 3.16. The summed E-state index contributed by atoms with van der Waals surface area (Å²) in [5.74, 6) is -3.78. The van der Waals surface area contributed by atoms with Gasteiger partial charge >= 0.3 is 11.0 Å². The van der Waals surface area contributed by atoms with Gasteiger partial charge in [-0.1, -0.05) is 77.7 Å². The maximum absolute atomic E-state index is 13.9. The third-order valence-electron chi connectivity index (χ3n) is 7.71. The predicted octanol–water partition coefficient (Wildman–Crippen LogP) is 6.58. The van der Waals surface area contributed by atoms with Crippen LogP contribution in [-0.4, -0.2) is 27.5 Å². The third-order valence-corrected chi connectivity index (χ3v) is 11.3. The van der Waals surface area contributed by atoms with Crippen molar-refractivity contribution in [1.82, 2.24) is 4.57 Å². The second-order valence-corrected chi connectivity index (χ2v) is 13.4. The fourth-order valence-corrected chi connectivity index (χ4v) is 9.56. The summed E-state index contributed by atoms with van der Waals surface area (Å²) in [7, 11) is 0. The van der Waals surface area contributed by atoms with Gasteiger partial charge in [-0.25, -0.2) is 4.90 Å². The molecule has 0 radical (unpaired) electrons. The van der Waals surface area contributed by atoms with E-state index in [1.54, 1.807) is 23.6 Å². The molecule has 7 rings (SSSR count). The monoisotopic (exact) mass is 651 g/mol. The summed E-state index contributed by atoms with van der Waals surface area (Å²) in [6, 6.07) is 21.1. The number of rotatable bonds is 5. The van der Waals surface area contributed by atoms with E-state index in [9.17, 15) is 32.3 Å². The molecule has 2 aromatic heterocycles. The number of thiophene rings is 1. The Kier molecular flexibility index (Phi) is 6.98. The molecular weight excluding hydrogens is 632 g/mol. The summed E-state index contributed by atoms with van der Waals surface area (Å²) in [5, 5.41) is 5.68. The van der Waals surface area contributed by atoms with Gasteiger partial charge in [-0.05, 0) is 35.0 Å². The average Bonchev–Trinajstić information content (AvgIpc) is 3.70. The topological polar surface area (TPSA) is 88.5 Å². The highest BCUT2D eigenvalue weighted by Crippen LogP contribution is 2.55. The Morgan fingerprint density at radius 2 is 1.64 bits per heavy atom. The minimum atomic E-state index is -4.79. The van der Waals surface area contributed by atoms with E-state index < -0.39 is 57.1 Å². The third kappa shape index (κ3) is 4.66. The van der Waals surface area contributed by atoms with Gasteiger partial charge in [0.2, 0.25) is 17.7 Å². The molecule has 3 aromatic carbocycles. The molecule has 44 heavy (non-hydrogen) atoms. The van der Waals surface area contributed by atoms with Crippen molar-refractivity contribution in [3.8, 4) is 0 Å². The van der Waals surface area contributed by atoms with Crippen LogP contribution >= 0.6 is 34.4 Å². The number of thioether (sulfide) groups is 1. The zero-order valence-electron chi connectivity index (χ0n) is 22.4. The number of nitrogens with one attached hydrogen (secondary N) is 1. The van der Waals surface area contributed by atoms with Gasteiger partial charge in [0.15, 0.2) is 0 Å². The lowest BCUT2D eigenvalue weighted by Gasteiger charge is -2.29. The quantitative estimate of drug-likeness (QED) is 0.217. The Balaban J connectivity index is 1.27. The zero-order chi connectivity index (χ0) is 30.7. The lowest BCUT2D eigenvalue weighted by Crippen LogP contribution is -2.33. The van der Waals surface area contributed by atoms with Gasteiger partial charge < -0.3 is 5.32 Å². The van der Waals surface area contributed by atoms with Crippen molar-refractivity contribution in [2.24, 2.45) is 5.92 Å². The van der Waals surface area contributed by atoms with Crippen molar-refractivity contribution in [3.63, 3.8) is 0 Å². The summed E-state index contributed by atoms with van der Waals surface area (Å²) in [6.45, 7) is -0.349. The molecule has 0 bridgehead atoms. The largest absolute Gasteiger partial charge is 0.418 e. The second-order valence-electron chi connectivity index (χ2n) is 10.3. The molecule has 13 heteroatoms. The van der Waals surface area contributed by atoms with Crippen LogP contribution in [0, 0.1) is 5.92 Å². The fourth-order valence-electron chi connectivity index (χ4n) is 5.84. The minimum absolute atomic E-state index is 0.349. The highest BCUT2D eigenvalue weighted by molar-refractivity contribution is 8.00. The number of fused-ring (bicyclic) bond motifs is 3. The van der Waals surface area contributed by atoms with E-state index >= 15 is 0 Å². The number of para-hydroxylation sites is 1. The molecule has 0 saturated carbocycles. The Bertz CT molecular complexity index is 2010.